The number of amides is 2. The molecule has 0 atom stereocenters. The van der Waals surface area contributed by atoms with Gasteiger partial charge in [0.25, 0.3) is 0 Å². The molecule has 1 saturated carbocycles. The smallest absolute Gasteiger partial charge is 0.318 e. The number of benzene rings is 2. The van der Waals surface area contributed by atoms with Gasteiger partial charge in [-0.05, 0) is 86.2 Å². The molecule has 3 aromatic rings. The lowest BCUT2D eigenvalue weighted by atomic mass is 9.93. The van der Waals surface area contributed by atoms with Gasteiger partial charge in [-0.25, -0.2) is 13.2 Å². The summed E-state index contributed by atoms with van der Waals surface area (Å²) in [5.41, 5.74) is 2.61. The largest absolute Gasteiger partial charge is 0.457 e. The average Bonchev–Trinajstić information content (AvgIpc) is 2.92. The van der Waals surface area contributed by atoms with Crippen molar-refractivity contribution in [2.24, 2.45) is 0 Å². The molecule has 1 aliphatic heterocycles. The normalized spacial score (nSPS) is 15.8. The van der Waals surface area contributed by atoms with Gasteiger partial charge >= 0.3 is 6.03 Å². The summed E-state index contributed by atoms with van der Waals surface area (Å²) in [7, 11) is -3.31. The fourth-order valence-electron chi connectivity index (χ4n) is 5.09. The third-order valence-electron chi connectivity index (χ3n) is 7.47. The number of hydrogen-bond donors (Lipinski definition) is 2. The number of aromatic nitrogens is 1. The zero-order valence-corrected chi connectivity index (χ0v) is 26.1. The average molecular weight is 637 g/mol. The monoisotopic (exact) mass is 635 g/mol. The van der Waals surface area contributed by atoms with E-state index in [1.54, 1.807) is 30.5 Å². The molecule has 0 bridgehead atoms. The molecule has 42 heavy (non-hydrogen) atoms. The lowest BCUT2D eigenvalue weighted by Crippen LogP contribution is -2.53. The molecule has 12 heteroatoms. The first-order valence-corrected chi connectivity index (χ1v) is 15.7. The number of urea groups is 1. The second-order valence-electron chi connectivity index (χ2n) is 10.7. The maximum Gasteiger partial charge on any atom is 0.318 e. The van der Waals surface area contributed by atoms with Gasteiger partial charge in [0.2, 0.25) is 10.0 Å². The van der Waals surface area contributed by atoms with Gasteiger partial charge in [0, 0.05) is 43.6 Å². The fourth-order valence-corrected chi connectivity index (χ4v) is 5.66. The second-order valence-corrected chi connectivity index (χ2v) is 12.4. The summed E-state index contributed by atoms with van der Waals surface area (Å²) in [6.07, 6.45) is 8.09. The van der Waals surface area contributed by atoms with E-state index in [0.717, 1.165) is 57.3 Å². The van der Waals surface area contributed by atoms with Gasteiger partial charge in [0.15, 0.2) is 0 Å². The van der Waals surface area contributed by atoms with Gasteiger partial charge < -0.3 is 15.0 Å². The van der Waals surface area contributed by atoms with Crippen LogP contribution in [0, 0.1) is 0 Å². The summed E-state index contributed by atoms with van der Waals surface area (Å²) in [5, 5.41) is 3.23. The fraction of sp³-hybridized carbons (Fsp3) is 0.400. The van der Waals surface area contributed by atoms with Gasteiger partial charge in [-0.3, -0.25) is 14.6 Å². The molecule has 2 aliphatic rings. The molecule has 1 saturated heterocycles. The first-order valence-electron chi connectivity index (χ1n) is 13.8. The maximum absolute atomic E-state index is 13.2. The van der Waals surface area contributed by atoms with E-state index in [2.05, 4.69) is 32.1 Å². The molecule has 1 aliphatic carbocycles. The number of anilines is 1. The van der Waals surface area contributed by atoms with Crippen LogP contribution in [0.4, 0.5) is 10.5 Å². The highest BCUT2D eigenvalue weighted by molar-refractivity contribution is 7.92. The first-order chi connectivity index (χ1) is 19.3. The number of nitrogens with one attached hydrogen (secondary N) is 2. The van der Waals surface area contributed by atoms with Crippen LogP contribution in [0.15, 0.2) is 72.9 Å². The Balaban J connectivity index is 0.00000242. The Hall–Kier alpha value is -3.05. The van der Waals surface area contributed by atoms with E-state index < -0.39 is 10.0 Å². The van der Waals surface area contributed by atoms with E-state index in [-0.39, 0.29) is 36.9 Å². The number of hydrogen-bond acceptors (Lipinski definition) is 6. The Morgan fingerprint density at radius 3 is 2.14 bits per heavy atom. The Labute approximate surface area is 260 Å². The van der Waals surface area contributed by atoms with E-state index >= 15 is 0 Å². The van der Waals surface area contributed by atoms with E-state index in [4.69, 9.17) is 4.74 Å². The van der Waals surface area contributed by atoms with Crippen LogP contribution >= 0.6 is 24.8 Å². The van der Waals surface area contributed by atoms with Gasteiger partial charge in [-0.2, -0.15) is 0 Å². The van der Waals surface area contributed by atoms with Crippen molar-refractivity contribution in [2.75, 3.05) is 24.1 Å². The topological polar surface area (TPSA) is 104 Å². The van der Waals surface area contributed by atoms with Crippen LogP contribution in [0.1, 0.15) is 43.4 Å². The molecule has 2 amide bonds. The number of rotatable bonds is 10. The van der Waals surface area contributed by atoms with Crippen LogP contribution in [0.25, 0.3) is 0 Å². The van der Waals surface area contributed by atoms with Gasteiger partial charge in [0.1, 0.15) is 11.5 Å². The predicted molar refractivity (Wildman–Crippen MR) is 170 cm³/mol. The van der Waals surface area contributed by atoms with Crippen LogP contribution in [0.3, 0.4) is 0 Å². The number of halogens is 2. The summed E-state index contributed by atoms with van der Waals surface area (Å²) in [6, 6.07) is 21.2. The van der Waals surface area contributed by atoms with E-state index in [0.29, 0.717) is 29.8 Å². The van der Waals surface area contributed by atoms with E-state index in [1.165, 1.54) is 12.0 Å². The zero-order valence-electron chi connectivity index (χ0n) is 23.6. The molecular weight excluding hydrogens is 597 g/mol. The van der Waals surface area contributed by atoms with Crippen molar-refractivity contribution in [1.82, 2.24) is 20.1 Å². The molecule has 2 fully saturated rings. The standard InChI is InChI=1S/C30H37N5O4S.2ClH/c1-40(37,38)33-25-10-14-29(15-11-25)39-28-12-8-23(9-13-28)21-34-19-16-27(17-20-34)35(22-26-5-2-3-18-31-26)30(36)32-24-6-4-7-24;;/h2-3,5,8-15,18,24,27,33H,4,6-7,16-17,19-22H2,1H3,(H,32,36);2*1H. The molecule has 0 spiro atoms. The van der Waals surface area contributed by atoms with Gasteiger partial charge in [-0.1, -0.05) is 18.2 Å². The lowest BCUT2D eigenvalue weighted by molar-refractivity contribution is 0.108. The van der Waals surface area contributed by atoms with Crippen LogP contribution < -0.4 is 14.8 Å². The van der Waals surface area contributed by atoms with Crippen LogP contribution in [0.2, 0.25) is 0 Å². The number of piperidine rings is 1. The van der Waals surface area contributed by atoms with E-state index in [9.17, 15) is 13.2 Å². The highest BCUT2D eigenvalue weighted by Gasteiger charge is 2.30. The highest BCUT2D eigenvalue weighted by Crippen LogP contribution is 2.26. The number of pyridine rings is 1. The number of nitrogens with zero attached hydrogens (tertiary/aromatic N) is 3. The molecule has 5 rings (SSSR count). The Kier molecular flexibility index (Phi) is 12.3. The predicted octanol–water partition coefficient (Wildman–Crippen LogP) is 5.82. The summed E-state index contributed by atoms with van der Waals surface area (Å²) in [4.78, 5) is 22.1. The van der Waals surface area contributed by atoms with Crippen molar-refractivity contribution in [2.45, 2.75) is 57.3 Å². The zero-order chi connectivity index (χ0) is 28.0. The minimum Gasteiger partial charge on any atom is -0.457 e. The highest BCUT2D eigenvalue weighted by atomic mass is 35.5. The Bertz CT molecular complexity index is 1370. The molecule has 2 aromatic carbocycles. The Morgan fingerprint density at radius 2 is 1.60 bits per heavy atom. The summed E-state index contributed by atoms with van der Waals surface area (Å²) in [6.45, 7) is 3.22. The number of sulfonamides is 1. The van der Waals surface area contributed by atoms with Crippen molar-refractivity contribution in [3.63, 3.8) is 0 Å². The molecule has 228 valence electrons. The van der Waals surface area contributed by atoms with Crippen molar-refractivity contribution < 1.29 is 17.9 Å². The number of carbonyl (C=O) groups excluding carboxylic acids is 1. The molecule has 9 nitrogen and oxygen atoms in total. The number of carbonyl (C=O) groups is 1. The summed E-state index contributed by atoms with van der Waals surface area (Å²) >= 11 is 0. The molecule has 2 heterocycles. The lowest BCUT2D eigenvalue weighted by Gasteiger charge is -2.39. The number of ether oxygens (including phenoxy) is 1. The summed E-state index contributed by atoms with van der Waals surface area (Å²) < 4.78 is 31.1. The Morgan fingerprint density at radius 1 is 0.952 bits per heavy atom. The van der Waals surface area contributed by atoms with Crippen LogP contribution in [-0.4, -0.2) is 60.7 Å². The van der Waals surface area contributed by atoms with Crippen molar-refractivity contribution in [3.05, 3.63) is 84.2 Å². The molecular formula is C30H39Cl2N5O4S. The summed E-state index contributed by atoms with van der Waals surface area (Å²) in [5.74, 6) is 1.35. The third kappa shape index (κ3) is 9.76. The third-order valence-corrected chi connectivity index (χ3v) is 8.08. The minimum absolute atomic E-state index is 0. The van der Waals surface area contributed by atoms with Crippen molar-refractivity contribution in [3.8, 4) is 11.5 Å². The first kappa shape index (κ1) is 33.5. The number of likely N-dealkylation sites (tertiary alicyclic amines) is 1. The van der Waals surface area contributed by atoms with Gasteiger partial charge in [0.05, 0.1) is 18.5 Å². The quantitative estimate of drug-likeness (QED) is 0.291. The minimum atomic E-state index is -3.31. The molecule has 1 aromatic heterocycles. The van der Waals surface area contributed by atoms with Crippen molar-refractivity contribution >= 4 is 46.6 Å². The van der Waals surface area contributed by atoms with Crippen molar-refractivity contribution in [1.29, 1.82) is 0 Å². The SMILES string of the molecule is CS(=O)(=O)Nc1ccc(Oc2ccc(CN3CCC(N(Cc4ccccn4)C(=O)NC4CCC4)CC3)cc2)cc1.Cl.Cl. The van der Waals surface area contributed by atoms with E-state index in [1.807, 2.05) is 35.2 Å². The van der Waals surface area contributed by atoms with Gasteiger partial charge in [-0.15, -0.1) is 24.8 Å². The molecule has 0 unspecified atom stereocenters. The molecule has 2 N–H and O–H groups in total. The van der Waals surface area contributed by atoms with Crippen LogP contribution in [0.5, 0.6) is 11.5 Å². The van der Waals surface area contributed by atoms with Crippen LogP contribution in [-0.2, 0) is 23.1 Å². The second kappa shape index (κ2) is 15.4. The maximum atomic E-state index is 13.2. The molecule has 0 radical (unpaired) electrons.